The largest absolute Gasteiger partial charge is 1.00 e. The van der Waals surface area contributed by atoms with E-state index in [0.29, 0.717) is 11.8 Å². The second-order valence-electron chi connectivity index (χ2n) is 3.19. The van der Waals surface area contributed by atoms with Gasteiger partial charge in [-0.25, -0.2) is 0 Å². The minimum Gasteiger partial charge on any atom is -1.00 e. The van der Waals surface area contributed by atoms with Crippen LogP contribution in [0.3, 0.4) is 0 Å². The maximum Gasteiger partial charge on any atom is 0.144 e. The van der Waals surface area contributed by atoms with E-state index in [1.165, 1.54) is 4.90 Å². The molecule has 0 aromatic heterocycles. The predicted molar refractivity (Wildman–Crippen MR) is 40.1 cm³/mol. The number of nitrogens with one attached hydrogen (secondary N) is 1. The molecule has 0 spiro atoms. The van der Waals surface area contributed by atoms with Gasteiger partial charge in [0.2, 0.25) is 0 Å². The molecule has 0 bridgehead atoms. The summed E-state index contributed by atoms with van der Waals surface area (Å²) in [6, 6.07) is 0.598. The van der Waals surface area contributed by atoms with Crippen LogP contribution >= 0.6 is 0 Å². The summed E-state index contributed by atoms with van der Waals surface area (Å²) >= 11 is 0. The minimum atomic E-state index is 0. The minimum absolute atomic E-state index is 0. The van der Waals surface area contributed by atoms with Gasteiger partial charge in [-0.05, 0) is 6.42 Å². The van der Waals surface area contributed by atoms with Gasteiger partial charge in [-0.15, -0.1) is 0 Å². The number of carbonyl (C=O) groups is 1. The van der Waals surface area contributed by atoms with Crippen molar-refractivity contribution in [3.63, 3.8) is 0 Å². The molecule has 1 rings (SSSR count). The second-order valence-corrected chi connectivity index (χ2v) is 3.19. The van der Waals surface area contributed by atoms with Crippen molar-refractivity contribution in [1.29, 1.82) is 0 Å². The van der Waals surface area contributed by atoms with Gasteiger partial charge in [0, 0.05) is 0 Å². The van der Waals surface area contributed by atoms with Crippen molar-refractivity contribution in [3.8, 4) is 0 Å². The first-order valence-corrected chi connectivity index (χ1v) is 4.08. The van der Waals surface area contributed by atoms with Crippen LogP contribution in [0.2, 0.25) is 0 Å². The SMILES string of the molecule is CCC1CC(=O)CC[NH+]1C.[I-]. The average molecular weight is 269 g/mol. The lowest BCUT2D eigenvalue weighted by Gasteiger charge is -2.27. The number of hydrogen-bond donors (Lipinski definition) is 1. The van der Waals surface area contributed by atoms with Gasteiger partial charge in [0.15, 0.2) is 0 Å². The summed E-state index contributed by atoms with van der Waals surface area (Å²) in [6.07, 6.45) is 2.74. The molecular weight excluding hydrogens is 253 g/mol. The van der Waals surface area contributed by atoms with Gasteiger partial charge in [-0.1, -0.05) is 6.92 Å². The average Bonchev–Trinajstić information content (AvgIpc) is 1.94. The van der Waals surface area contributed by atoms with Crippen molar-refractivity contribution in [1.82, 2.24) is 0 Å². The molecule has 1 saturated heterocycles. The maximum absolute atomic E-state index is 11.0. The van der Waals surface area contributed by atoms with Crippen LogP contribution in [0.5, 0.6) is 0 Å². The van der Waals surface area contributed by atoms with E-state index in [9.17, 15) is 4.79 Å². The van der Waals surface area contributed by atoms with Gasteiger partial charge in [-0.3, -0.25) is 4.79 Å². The van der Waals surface area contributed by atoms with Crippen LogP contribution in [0, 0.1) is 0 Å². The number of rotatable bonds is 1. The summed E-state index contributed by atoms with van der Waals surface area (Å²) in [6.45, 7) is 3.20. The van der Waals surface area contributed by atoms with Gasteiger partial charge in [0.1, 0.15) is 5.78 Å². The number of carbonyl (C=O) groups excluding carboxylic acids is 1. The number of quaternary nitrogens is 1. The number of hydrogen-bond acceptors (Lipinski definition) is 1. The van der Waals surface area contributed by atoms with Gasteiger partial charge >= 0.3 is 0 Å². The van der Waals surface area contributed by atoms with Crippen LogP contribution in [0.25, 0.3) is 0 Å². The lowest BCUT2D eigenvalue weighted by atomic mass is 10.00. The summed E-state index contributed by atoms with van der Waals surface area (Å²) < 4.78 is 0. The quantitative estimate of drug-likeness (QED) is 0.494. The molecule has 0 saturated carbocycles. The zero-order valence-corrected chi connectivity index (χ0v) is 9.35. The molecule has 11 heavy (non-hydrogen) atoms. The fourth-order valence-corrected chi connectivity index (χ4v) is 1.58. The third kappa shape index (κ3) is 3.07. The summed E-state index contributed by atoms with van der Waals surface area (Å²) in [7, 11) is 2.18. The third-order valence-electron chi connectivity index (χ3n) is 2.46. The molecule has 0 aliphatic carbocycles. The first kappa shape index (κ1) is 11.4. The molecule has 0 aromatic rings. The van der Waals surface area contributed by atoms with Crippen molar-refractivity contribution >= 4 is 5.78 Å². The van der Waals surface area contributed by atoms with Crippen molar-refractivity contribution in [2.45, 2.75) is 32.2 Å². The molecule has 1 heterocycles. The Balaban J connectivity index is 0.000001000. The van der Waals surface area contributed by atoms with Gasteiger partial charge in [-0.2, -0.15) is 0 Å². The Morgan fingerprint density at radius 3 is 2.73 bits per heavy atom. The Hall–Kier alpha value is 0.360. The molecule has 2 atom stereocenters. The van der Waals surface area contributed by atoms with E-state index in [-0.39, 0.29) is 24.0 Å². The molecule has 0 amide bonds. The van der Waals surface area contributed by atoms with E-state index in [1.54, 1.807) is 0 Å². The van der Waals surface area contributed by atoms with Crippen molar-refractivity contribution in [3.05, 3.63) is 0 Å². The molecule has 66 valence electrons. The van der Waals surface area contributed by atoms with Gasteiger partial charge < -0.3 is 28.9 Å². The highest BCUT2D eigenvalue weighted by Gasteiger charge is 2.25. The molecule has 0 aromatic carbocycles. The summed E-state index contributed by atoms with van der Waals surface area (Å²) in [5.41, 5.74) is 0. The molecule has 2 nitrogen and oxygen atoms in total. The Morgan fingerprint density at radius 1 is 1.64 bits per heavy atom. The molecule has 2 unspecified atom stereocenters. The second kappa shape index (κ2) is 5.09. The standard InChI is InChI=1S/C8H15NO.HI/c1-3-7-6-8(10)4-5-9(7)2;/h7H,3-6H2,1-2H3;1H. The number of halogens is 1. The van der Waals surface area contributed by atoms with Crippen LogP contribution in [0.4, 0.5) is 0 Å². The first-order chi connectivity index (χ1) is 4.74. The number of likely N-dealkylation sites (tertiary alicyclic amines) is 1. The van der Waals surface area contributed by atoms with Crippen LogP contribution in [-0.2, 0) is 4.79 Å². The summed E-state index contributed by atoms with van der Waals surface area (Å²) in [4.78, 5) is 12.5. The Morgan fingerprint density at radius 2 is 2.27 bits per heavy atom. The predicted octanol–water partition coefficient (Wildman–Crippen LogP) is -3.35. The van der Waals surface area contributed by atoms with Gasteiger partial charge in [0.05, 0.1) is 32.5 Å². The number of ketones is 1. The fraction of sp³-hybridized carbons (Fsp3) is 0.875. The molecule has 1 N–H and O–H groups in total. The molecular formula is C8H16INO. The van der Waals surface area contributed by atoms with E-state index in [4.69, 9.17) is 0 Å². The monoisotopic (exact) mass is 269 g/mol. The third-order valence-corrected chi connectivity index (χ3v) is 2.46. The van der Waals surface area contributed by atoms with Crippen LogP contribution in [0.1, 0.15) is 26.2 Å². The molecule has 1 aliphatic rings. The number of Topliss-reactive ketones (excluding diaryl/α,β-unsaturated/α-hetero) is 1. The first-order valence-electron chi connectivity index (χ1n) is 4.08. The van der Waals surface area contributed by atoms with E-state index in [0.717, 1.165) is 25.8 Å². The van der Waals surface area contributed by atoms with E-state index >= 15 is 0 Å². The smallest absolute Gasteiger partial charge is 0.144 e. The van der Waals surface area contributed by atoms with E-state index in [2.05, 4.69) is 14.0 Å². The summed E-state index contributed by atoms with van der Waals surface area (Å²) in [5, 5.41) is 0. The lowest BCUT2D eigenvalue weighted by molar-refractivity contribution is -0.907. The Labute approximate surface area is 85.4 Å². The zero-order valence-electron chi connectivity index (χ0n) is 7.19. The lowest BCUT2D eigenvalue weighted by Crippen LogP contribution is -3.14. The maximum atomic E-state index is 11.0. The Kier molecular flexibility index (Phi) is 5.25. The molecule has 1 fully saturated rings. The van der Waals surface area contributed by atoms with Crippen LogP contribution in [-0.4, -0.2) is 25.4 Å². The highest BCUT2D eigenvalue weighted by atomic mass is 127. The molecule has 1 aliphatic heterocycles. The highest BCUT2D eigenvalue weighted by Crippen LogP contribution is 2.00. The molecule has 0 radical (unpaired) electrons. The van der Waals surface area contributed by atoms with E-state index in [1.807, 2.05) is 0 Å². The summed E-state index contributed by atoms with van der Waals surface area (Å²) in [5.74, 6) is 0.456. The van der Waals surface area contributed by atoms with Crippen LogP contribution < -0.4 is 28.9 Å². The van der Waals surface area contributed by atoms with Crippen LogP contribution in [0.15, 0.2) is 0 Å². The number of piperidine rings is 1. The normalized spacial score (nSPS) is 31.3. The van der Waals surface area contributed by atoms with Crippen molar-refractivity contribution in [2.24, 2.45) is 0 Å². The van der Waals surface area contributed by atoms with E-state index < -0.39 is 0 Å². The fourth-order valence-electron chi connectivity index (χ4n) is 1.58. The van der Waals surface area contributed by atoms with Gasteiger partial charge in [0.25, 0.3) is 0 Å². The van der Waals surface area contributed by atoms with Crippen molar-refractivity contribution in [2.75, 3.05) is 13.6 Å². The van der Waals surface area contributed by atoms with Crippen molar-refractivity contribution < 1.29 is 33.7 Å². The molecule has 3 heteroatoms. The highest BCUT2D eigenvalue weighted by molar-refractivity contribution is 5.79. The zero-order chi connectivity index (χ0) is 7.56. The Bertz CT molecular complexity index is 138. The topological polar surface area (TPSA) is 21.5 Å².